The van der Waals surface area contributed by atoms with Crippen LogP contribution in [0.15, 0.2) is 24.3 Å². The van der Waals surface area contributed by atoms with Gasteiger partial charge in [0.15, 0.2) is 0 Å². The predicted octanol–water partition coefficient (Wildman–Crippen LogP) is 0.661. The Labute approximate surface area is 142 Å². The molecule has 1 saturated heterocycles. The maximum Gasteiger partial charge on any atom is 0.234 e. The molecule has 3 rings (SSSR count). The molecule has 1 aromatic rings. The van der Waals surface area contributed by atoms with Crippen LogP contribution < -0.4 is 10.1 Å². The van der Waals surface area contributed by atoms with Gasteiger partial charge in [0.05, 0.1) is 20.1 Å². The Bertz CT molecular complexity index is 593. The second-order valence-corrected chi connectivity index (χ2v) is 6.49. The first kappa shape index (κ1) is 16.8. The van der Waals surface area contributed by atoms with Gasteiger partial charge in [0.25, 0.3) is 0 Å². The highest BCUT2D eigenvalue weighted by Crippen LogP contribution is 2.19. The standard InChI is InChI=1S/C18H25N3O3/c1-24-16-5-3-2-4-14(16)12-18(23)21-10-8-20(9-11-21)13-17(22)19-15-6-7-15/h2-5,15H,6-13H2,1H3,(H,19,22). The van der Waals surface area contributed by atoms with Crippen molar-refractivity contribution in [2.24, 2.45) is 0 Å². The molecule has 1 heterocycles. The van der Waals surface area contributed by atoms with Crippen molar-refractivity contribution in [1.29, 1.82) is 0 Å². The van der Waals surface area contributed by atoms with Crippen LogP contribution in [-0.4, -0.2) is 67.5 Å². The number of rotatable bonds is 6. The first-order valence-electron chi connectivity index (χ1n) is 8.57. The molecule has 6 nitrogen and oxygen atoms in total. The molecule has 130 valence electrons. The van der Waals surface area contributed by atoms with E-state index in [9.17, 15) is 9.59 Å². The summed E-state index contributed by atoms with van der Waals surface area (Å²) in [4.78, 5) is 28.3. The molecular weight excluding hydrogens is 306 g/mol. The third-order valence-electron chi connectivity index (χ3n) is 4.57. The van der Waals surface area contributed by atoms with Crippen molar-refractivity contribution in [3.63, 3.8) is 0 Å². The molecule has 1 N–H and O–H groups in total. The van der Waals surface area contributed by atoms with E-state index in [1.165, 1.54) is 0 Å². The topological polar surface area (TPSA) is 61.9 Å². The number of piperazine rings is 1. The van der Waals surface area contributed by atoms with Gasteiger partial charge in [0, 0.05) is 37.8 Å². The first-order valence-corrected chi connectivity index (χ1v) is 8.57. The Kier molecular flexibility index (Phi) is 5.35. The number of nitrogens with one attached hydrogen (secondary N) is 1. The molecule has 1 aliphatic carbocycles. The molecule has 0 atom stereocenters. The highest BCUT2D eigenvalue weighted by molar-refractivity contribution is 5.80. The van der Waals surface area contributed by atoms with E-state index in [2.05, 4.69) is 10.2 Å². The number of nitrogens with zero attached hydrogens (tertiary/aromatic N) is 2. The normalized spacial score (nSPS) is 18.3. The lowest BCUT2D eigenvalue weighted by atomic mass is 10.1. The van der Waals surface area contributed by atoms with Crippen LogP contribution in [0.1, 0.15) is 18.4 Å². The summed E-state index contributed by atoms with van der Waals surface area (Å²) < 4.78 is 5.31. The second kappa shape index (κ2) is 7.66. The summed E-state index contributed by atoms with van der Waals surface area (Å²) in [6.45, 7) is 3.27. The molecule has 0 unspecified atom stereocenters. The van der Waals surface area contributed by atoms with Crippen LogP contribution >= 0.6 is 0 Å². The Morgan fingerprint density at radius 3 is 2.54 bits per heavy atom. The molecule has 1 aliphatic heterocycles. The van der Waals surface area contributed by atoms with Crippen LogP contribution in [0.5, 0.6) is 5.75 Å². The summed E-state index contributed by atoms with van der Waals surface area (Å²) in [6, 6.07) is 8.02. The number of carbonyl (C=O) groups is 2. The third kappa shape index (κ3) is 4.47. The van der Waals surface area contributed by atoms with Gasteiger partial charge >= 0.3 is 0 Å². The number of carbonyl (C=O) groups excluding carboxylic acids is 2. The van der Waals surface area contributed by atoms with Crippen molar-refractivity contribution < 1.29 is 14.3 Å². The Morgan fingerprint density at radius 2 is 1.88 bits per heavy atom. The molecule has 2 fully saturated rings. The molecule has 6 heteroatoms. The van der Waals surface area contributed by atoms with E-state index in [-0.39, 0.29) is 11.8 Å². The van der Waals surface area contributed by atoms with Crippen molar-refractivity contribution in [1.82, 2.24) is 15.1 Å². The van der Waals surface area contributed by atoms with Gasteiger partial charge < -0.3 is 15.0 Å². The summed E-state index contributed by atoms with van der Waals surface area (Å²) in [5.74, 6) is 0.967. The molecule has 1 saturated carbocycles. The summed E-state index contributed by atoms with van der Waals surface area (Å²) >= 11 is 0. The molecule has 0 spiro atoms. The van der Waals surface area contributed by atoms with Gasteiger partial charge in [-0.05, 0) is 18.9 Å². The summed E-state index contributed by atoms with van der Waals surface area (Å²) in [5.41, 5.74) is 0.913. The lowest BCUT2D eigenvalue weighted by Crippen LogP contribution is -2.51. The maximum atomic E-state index is 12.5. The van der Waals surface area contributed by atoms with Crippen LogP contribution in [0.4, 0.5) is 0 Å². The predicted molar refractivity (Wildman–Crippen MR) is 90.9 cm³/mol. The van der Waals surface area contributed by atoms with Gasteiger partial charge in [0.2, 0.25) is 11.8 Å². The summed E-state index contributed by atoms with van der Waals surface area (Å²) in [7, 11) is 1.62. The van der Waals surface area contributed by atoms with E-state index in [1.807, 2.05) is 29.2 Å². The lowest BCUT2D eigenvalue weighted by Gasteiger charge is -2.34. The fourth-order valence-corrected chi connectivity index (χ4v) is 2.98. The average molecular weight is 331 g/mol. The number of ether oxygens (including phenoxy) is 1. The van der Waals surface area contributed by atoms with Crippen LogP contribution in [0.2, 0.25) is 0 Å². The van der Waals surface area contributed by atoms with Gasteiger partial charge in [-0.2, -0.15) is 0 Å². The van der Waals surface area contributed by atoms with E-state index >= 15 is 0 Å². The van der Waals surface area contributed by atoms with Gasteiger partial charge in [-0.15, -0.1) is 0 Å². The van der Waals surface area contributed by atoms with E-state index in [0.29, 0.717) is 32.1 Å². The highest BCUT2D eigenvalue weighted by atomic mass is 16.5. The zero-order valence-electron chi connectivity index (χ0n) is 14.2. The van der Waals surface area contributed by atoms with E-state index < -0.39 is 0 Å². The Hall–Kier alpha value is -2.08. The van der Waals surface area contributed by atoms with Crippen LogP contribution in [0, 0.1) is 0 Å². The largest absolute Gasteiger partial charge is 0.496 e. The Morgan fingerprint density at radius 1 is 1.17 bits per heavy atom. The average Bonchev–Trinajstić information content (AvgIpc) is 3.39. The fourth-order valence-electron chi connectivity index (χ4n) is 2.98. The van der Waals surface area contributed by atoms with Crippen molar-refractivity contribution in [2.45, 2.75) is 25.3 Å². The van der Waals surface area contributed by atoms with Crippen LogP contribution in [0.25, 0.3) is 0 Å². The van der Waals surface area contributed by atoms with Gasteiger partial charge in [0.1, 0.15) is 5.75 Å². The number of hydrogen-bond acceptors (Lipinski definition) is 4. The smallest absolute Gasteiger partial charge is 0.234 e. The quantitative estimate of drug-likeness (QED) is 0.832. The van der Waals surface area contributed by atoms with Crippen molar-refractivity contribution in [3.05, 3.63) is 29.8 Å². The number of hydrogen-bond donors (Lipinski definition) is 1. The molecule has 0 aromatic heterocycles. The monoisotopic (exact) mass is 331 g/mol. The summed E-state index contributed by atoms with van der Waals surface area (Å²) in [5, 5.41) is 3.01. The van der Waals surface area contributed by atoms with Crippen LogP contribution in [-0.2, 0) is 16.0 Å². The minimum absolute atomic E-state index is 0.103. The summed E-state index contributed by atoms with van der Waals surface area (Å²) in [6.07, 6.45) is 2.57. The van der Waals surface area contributed by atoms with Crippen molar-refractivity contribution in [2.75, 3.05) is 39.8 Å². The molecule has 2 amide bonds. The molecular formula is C18H25N3O3. The Balaban J connectivity index is 1.45. The molecule has 0 bridgehead atoms. The SMILES string of the molecule is COc1ccccc1CC(=O)N1CCN(CC(=O)NC2CC2)CC1. The lowest BCUT2D eigenvalue weighted by molar-refractivity contribution is -0.132. The van der Waals surface area contributed by atoms with E-state index in [1.54, 1.807) is 7.11 Å². The number of methoxy groups -OCH3 is 1. The third-order valence-corrected chi connectivity index (χ3v) is 4.57. The number of amides is 2. The zero-order chi connectivity index (χ0) is 16.9. The van der Waals surface area contributed by atoms with Crippen LogP contribution in [0.3, 0.4) is 0 Å². The molecule has 2 aliphatic rings. The van der Waals surface area contributed by atoms with E-state index in [4.69, 9.17) is 4.74 Å². The number of benzene rings is 1. The van der Waals surface area contributed by atoms with Gasteiger partial charge in [-0.25, -0.2) is 0 Å². The fraction of sp³-hybridized carbons (Fsp3) is 0.556. The highest BCUT2D eigenvalue weighted by Gasteiger charge is 2.26. The van der Waals surface area contributed by atoms with Gasteiger partial charge in [-0.3, -0.25) is 14.5 Å². The minimum Gasteiger partial charge on any atom is -0.496 e. The minimum atomic E-state index is 0.103. The molecule has 24 heavy (non-hydrogen) atoms. The maximum absolute atomic E-state index is 12.5. The molecule has 0 radical (unpaired) electrons. The van der Waals surface area contributed by atoms with Gasteiger partial charge in [-0.1, -0.05) is 18.2 Å². The number of para-hydroxylation sites is 1. The van der Waals surface area contributed by atoms with Crippen molar-refractivity contribution in [3.8, 4) is 5.75 Å². The van der Waals surface area contributed by atoms with Crippen molar-refractivity contribution >= 4 is 11.8 Å². The second-order valence-electron chi connectivity index (χ2n) is 6.49. The first-order chi connectivity index (χ1) is 11.7. The molecule has 1 aromatic carbocycles. The zero-order valence-corrected chi connectivity index (χ0v) is 14.2. The van der Waals surface area contributed by atoms with E-state index in [0.717, 1.165) is 37.2 Å².